The van der Waals surface area contributed by atoms with Crippen molar-refractivity contribution in [3.05, 3.63) is 29.6 Å². The number of nitrogens with zero attached hydrogens (tertiary/aromatic N) is 2. The van der Waals surface area contributed by atoms with Crippen molar-refractivity contribution in [1.29, 1.82) is 0 Å². The van der Waals surface area contributed by atoms with Gasteiger partial charge in [-0.25, -0.2) is 4.98 Å². The van der Waals surface area contributed by atoms with Crippen LogP contribution in [0.15, 0.2) is 18.5 Å². The van der Waals surface area contributed by atoms with Crippen molar-refractivity contribution < 1.29 is 0 Å². The van der Waals surface area contributed by atoms with Crippen LogP contribution in [0, 0.1) is 6.92 Å². The molecule has 0 bridgehead atoms. The highest BCUT2D eigenvalue weighted by atomic mass is 15.0. The first-order valence-electron chi connectivity index (χ1n) is 5.29. The largest absolute Gasteiger partial charge is 0.330 e. The first-order chi connectivity index (χ1) is 7.13. The number of aryl methyl sites for hydroxylation is 1. The Bertz CT molecular complexity index is 483. The van der Waals surface area contributed by atoms with Gasteiger partial charge in [0, 0.05) is 30.4 Å². The quantitative estimate of drug-likeness (QED) is 0.814. The summed E-state index contributed by atoms with van der Waals surface area (Å²) in [5.41, 5.74) is 9.13. The van der Waals surface area contributed by atoms with Crippen LogP contribution in [-0.4, -0.2) is 9.55 Å². The van der Waals surface area contributed by atoms with E-state index in [1.54, 1.807) is 0 Å². The molecule has 0 saturated carbocycles. The first-order valence-corrected chi connectivity index (χ1v) is 5.29. The van der Waals surface area contributed by atoms with E-state index in [0.717, 1.165) is 5.65 Å². The molecule has 0 radical (unpaired) electrons. The van der Waals surface area contributed by atoms with Gasteiger partial charge in [0.05, 0.1) is 0 Å². The van der Waals surface area contributed by atoms with Gasteiger partial charge >= 0.3 is 0 Å². The Balaban J connectivity index is 2.75. The maximum atomic E-state index is 5.74. The summed E-state index contributed by atoms with van der Waals surface area (Å²) >= 11 is 0. The lowest BCUT2D eigenvalue weighted by atomic mass is 10.2. The van der Waals surface area contributed by atoms with E-state index >= 15 is 0 Å². The molecule has 0 unspecified atom stereocenters. The monoisotopic (exact) mass is 203 g/mol. The number of pyridine rings is 1. The minimum absolute atomic E-state index is 0.419. The topological polar surface area (TPSA) is 43.8 Å². The van der Waals surface area contributed by atoms with Gasteiger partial charge in [-0.2, -0.15) is 0 Å². The van der Waals surface area contributed by atoms with Crippen molar-refractivity contribution in [3.8, 4) is 0 Å². The van der Waals surface area contributed by atoms with E-state index in [-0.39, 0.29) is 0 Å². The lowest BCUT2D eigenvalue weighted by molar-refractivity contribution is 0.616. The van der Waals surface area contributed by atoms with Gasteiger partial charge in [-0.05, 0) is 38.0 Å². The van der Waals surface area contributed by atoms with E-state index in [9.17, 15) is 0 Å². The summed E-state index contributed by atoms with van der Waals surface area (Å²) in [6, 6.07) is 2.58. The molecule has 2 rings (SSSR count). The molecular formula is C12H17N3. The van der Waals surface area contributed by atoms with E-state index in [2.05, 4.69) is 42.6 Å². The van der Waals surface area contributed by atoms with Crippen molar-refractivity contribution in [2.45, 2.75) is 33.4 Å². The van der Waals surface area contributed by atoms with Crippen LogP contribution in [0.25, 0.3) is 11.0 Å². The molecule has 0 aromatic carbocycles. The van der Waals surface area contributed by atoms with Gasteiger partial charge < -0.3 is 10.3 Å². The fourth-order valence-corrected chi connectivity index (χ4v) is 1.86. The molecule has 80 valence electrons. The molecule has 0 spiro atoms. The fraction of sp³-hybridized carbons (Fsp3) is 0.417. The van der Waals surface area contributed by atoms with Crippen LogP contribution < -0.4 is 5.73 Å². The standard InChI is InChI=1S/C12H17N3/c1-8(2)15-7-10(5-13)11-4-9(3)6-14-12(11)15/h4,6-8H,5,13H2,1-3H3. The summed E-state index contributed by atoms with van der Waals surface area (Å²) in [5, 5.41) is 1.19. The third-order valence-electron chi connectivity index (χ3n) is 2.67. The Labute approximate surface area is 89.9 Å². The van der Waals surface area contributed by atoms with Gasteiger partial charge in [-0.15, -0.1) is 0 Å². The van der Waals surface area contributed by atoms with E-state index in [1.165, 1.54) is 16.5 Å². The molecule has 0 aliphatic carbocycles. The third-order valence-corrected chi connectivity index (χ3v) is 2.67. The predicted molar refractivity (Wildman–Crippen MR) is 62.7 cm³/mol. The third kappa shape index (κ3) is 1.63. The molecule has 0 aliphatic heterocycles. The molecular weight excluding hydrogens is 186 g/mol. The second kappa shape index (κ2) is 3.66. The molecule has 0 aliphatic rings. The average molecular weight is 203 g/mol. The van der Waals surface area contributed by atoms with Crippen LogP contribution in [0.1, 0.15) is 31.0 Å². The minimum atomic E-state index is 0.419. The Morgan fingerprint density at radius 1 is 1.47 bits per heavy atom. The zero-order valence-electron chi connectivity index (χ0n) is 9.49. The van der Waals surface area contributed by atoms with E-state index in [1.807, 2.05) is 6.20 Å². The Morgan fingerprint density at radius 2 is 2.20 bits per heavy atom. The van der Waals surface area contributed by atoms with Gasteiger partial charge in [-0.1, -0.05) is 0 Å². The second-order valence-electron chi connectivity index (χ2n) is 4.24. The van der Waals surface area contributed by atoms with Crippen LogP contribution in [-0.2, 0) is 6.54 Å². The zero-order valence-corrected chi connectivity index (χ0v) is 9.49. The van der Waals surface area contributed by atoms with E-state index in [0.29, 0.717) is 12.6 Å². The Morgan fingerprint density at radius 3 is 2.80 bits per heavy atom. The van der Waals surface area contributed by atoms with Gasteiger partial charge in [0.25, 0.3) is 0 Å². The first kappa shape index (κ1) is 10.2. The lowest BCUT2D eigenvalue weighted by Gasteiger charge is -2.07. The van der Waals surface area contributed by atoms with Crippen molar-refractivity contribution in [3.63, 3.8) is 0 Å². The zero-order chi connectivity index (χ0) is 11.0. The molecule has 2 aromatic rings. The van der Waals surface area contributed by atoms with Crippen molar-refractivity contribution in [2.24, 2.45) is 5.73 Å². The number of rotatable bonds is 2. The molecule has 0 amide bonds. The summed E-state index contributed by atoms with van der Waals surface area (Å²) in [7, 11) is 0. The minimum Gasteiger partial charge on any atom is -0.330 e. The number of aromatic nitrogens is 2. The SMILES string of the molecule is Cc1cnc2c(c1)c(CN)cn2C(C)C. The highest BCUT2D eigenvalue weighted by Crippen LogP contribution is 2.23. The molecule has 3 heteroatoms. The summed E-state index contributed by atoms with van der Waals surface area (Å²) in [4.78, 5) is 4.48. The highest BCUT2D eigenvalue weighted by molar-refractivity contribution is 5.81. The molecule has 0 atom stereocenters. The predicted octanol–water partition coefficient (Wildman–Crippen LogP) is 2.38. The molecule has 2 aromatic heterocycles. The average Bonchev–Trinajstić information content (AvgIpc) is 2.55. The Kier molecular flexibility index (Phi) is 2.49. The maximum absolute atomic E-state index is 5.74. The number of nitrogens with two attached hydrogens (primary N) is 1. The highest BCUT2D eigenvalue weighted by Gasteiger charge is 2.10. The van der Waals surface area contributed by atoms with Crippen LogP contribution in [0.5, 0.6) is 0 Å². The molecule has 3 nitrogen and oxygen atoms in total. The second-order valence-corrected chi connectivity index (χ2v) is 4.24. The number of hydrogen-bond donors (Lipinski definition) is 1. The van der Waals surface area contributed by atoms with Crippen molar-refractivity contribution in [1.82, 2.24) is 9.55 Å². The van der Waals surface area contributed by atoms with Gasteiger partial charge in [0.15, 0.2) is 0 Å². The smallest absolute Gasteiger partial charge is 0.140 e. The van der Waals surface area contributed by atoms with Gasteiger partial charge in [0.2, 0.25) is 0 Å². The fourth-order valence-electron chi connectivity index (χ4n) is 1.86. The summed E-state index contributed by atoms with van der Waals surface area (Å²) < 4.78 is 2.18. The van der Waals surface area contributed by atoms with Gasteiger partial charge in [-0.3, -0.25) is 0 Å². The van der Waals surface area contributed by atoms with Crippen molar-refractivity contribution in [2.75, 3.05) is 0 Å². The Hall–Kier alpha value is -1.35. The van der Waals surface area contributed by atoms with Crippen LogP contribution >= 0.6 is 0 Å². The van der Waals surface area contributed by atoms with Crippen LogP contribution in [0.2, 0.25) is 0 Å². The lowest BCUT2D eigenvalue weighted by Crippen LogP contribution is -1.99. The maximum Gasteiger partial charge on any atom is 0.140 e. The summed E-state index contributed by atoms with van der Waals surface area (Å²) in [6.07, 6.45) is 4.02. The number of hydrogen-bond acceptors (Lipinski definition) is 2. The van der Waals surface area contributed by atoms with E-state index in [4.69, 9.17) is 5.73 Å². The summed E-state index contributed by atoms with van der Waals surface area (Å²) in [6.45, 7) is 6.93. The van der Waals surface area contributed by atoms with E-state index < -0.39 is 0 Å². The van der Waals surface area contributed by atoms with Gasteiger partial charge in [0.1, 0.15) is 5.65 Å². The van der Waals surface area contributed by atoms with Crippen molar-refractivity contribution >= 4 is 11.0 Å². The normalized spacial score (nSPS) is 11.5. The molecule has 0 saturated heterocycles. The molecule has 15 heavy (non-hydrogen) atoms. The molecule has 2 N–H and O–H groups in total. The van der Waals surface area contributed by atoms with Crippen LogP contribution in [0.3, 0.4) is 0 Å². The summed E-state index contributed by atoms with van der Waals surface area (Å²) in [5.74, 6) is 0. The number of fused-ring (bicyclic) bond motifs is 1. The molecule has 0 fully saturated rings. The van der Waals surface area contributed by atoms with Crippen LogP contribution in [0.4, 0.5) is 0 Å². The molecule has 2 heterocycles.